The number of hydrogen-bond donors (Lipinski definition) is 1. The van der Waals surface area contributed by atoms with E-state index in [-0.39, 0.29) is 17.9 Å². The summed E-state index contributed by atoms with van der Waals surface area (Å²) in [4.78, 5) is 27.7. The van der Waals surface area contributed by atoms with E-state index in [1.807, 2.05) is 36.1 Å². The lowest BCUT2D eigenvalue weighted by molar-refractivity contribution is -0.143. The molecule has 1 amide bonds. The molecular formula is C17H22N2O3. The molecule has 118 valence electrons. The first-order chi connectivity index (χ1) is 10.6. The molecule has 0 bridgehead atoms. The maximum absolute atomic E-state index is 12.7. The molecule has 1 aromatic carbocycles. The van der Waals surface area contributed by atoms with E-state index in [4.69, 9.17) is 5.11 Å². The molecule has 1 N–H and O–H groups in total. The zero-order valence-electron chi connectivity index (χ0n) is 12.9. The Morgan fingerprint density at radius 1 is 1.09 bits per heavy atom. The van der Waals surface area contributed by atoms with Gasteiger partial charge < -0.3 is 10.0 Å². The van der Waals surface area contributed by atoms with E-state index in [1.165, 1.54) is 5.56 Å². The van der Waals surface area contributed by atoms with E-state index in [2.05, 4.69) is 4.90 Å². The molecule has 0 spiro atoms. The smallest absolute Gasteiger partial charge is 0.306 e. The third-order valence-electron chi connectivity index (χ3n) is 4.84. The zero-order chi connectivity index (χ0) is 15.7. The number of aliphatic carboxylic acids is 1. The maximum atomic E-state index is 12.7. The van der Waals surface area contributed by atoms with Crippen LogP contribution in [0.4, 0.5) is 5.69 Å². The highest BCUT2D eigenvalue weighted by Crippen LogP contribution is 2.27. The van der Waals surface area contributed by atoms with Gasteiger partial charge in [-0.1, -0.05) is 17.7 Å². The Kier molecular flexibility index (Phi) is 4.16. The molecule has 5 heteroatoms. The largest absolute Gasteiger partial charge is 0.481 e. The quantitative estimate of drug-likeness (QED) is 0.926. The molecule has 0 aromatic heterocycles. The Balaban J connectivity index is 1.64. The van der Waals surface area contributed by atoms with Gasteiger partial charge in [-0.15, -0.1) is 0 Å². The van der Waals surface area contributed by atoms with Gasteiger partial charge in [-0.05, 0) is 51.4 Å². The predicted octanol–water partition coefficient (Wildman–Crippen LogP) is 1.90. The minimum atomic E-state index is -0.710. The topological polar surface area (TPSA) is 60.9 Å². The summed E-state index contributed by atoms with van der Waals surface area (Å²) in [5, 5.41) is 9.06. The van der Waals surface area contributed by atoms with Crippen molar-refractivity contribution < 1.29 is 14.7 Å². The van der Waals surface area contributed by atoms with E-state index in [0.717, 1.165) is 18.7 Å². The Morgan fingerprint density at radius 2 is 1.73 bits per heavy atom. The molecular weight excluding hydrogens is 280 g/mol. The molecule has 2 aliphatic heterocycles. The summed E-state index contributed by atoms with van der Waals surface area (Å²) in [6.45, 7) is 4.18. The van der Waals surface area contributed by atoms with Crippen LogP contribution in [0.25, 0.3) is 0 Å². The van der Waals surface area contributed by atoms with Crippen molar-refractivity contribution >= 4 is 17.6 Å². The van der Waals surface area contributed by atoms with Crippen molar-refractivity contribution in [1.82, 2.24) is 4.90 Å². The number of carboxylic acids is 1. The first-order valence-corrected chi connectivity index (χ1v) is 7.91. The Labute approximate surface area is 130 Å². The molecule has 2 aliphatic rings. The van der Waals surface area contributed by atoms with Crippen LogP contribution in [0.15, 0.2) is 24.3 Å². The van der Waals surface area contributed by atoms with Crippen molar-refractivity contribution in [2.45, 2.75) is 32.2 Å². The van der Waals surface area contributed by atoms with Gasteiger partial charge in [0.15, 0.2) is 0 Å². The molecule has 0 saturated carbocycles. The van der Waals surface area contributed by atoms with E-state index < -0.39 is 5.97 Å². The normalized spacial score (nSPS) is 24.0. The molecule has 2 saturated heterocycles. The number of benzene rings is 1. The summed E-state index contributed by atoms with van der Waals surface area (Å²) in [6, 6.07) is 7.94. The summed E-state index contributed by atoms with van der Waals surface area (Å²) in [5.74, 6) is -0.808. The SMILES string of the molecule is Cc1ccc(N2CCC(N3CCC(C(=O)O)CC3)C2=O)cc1. The second-order valence-corrected chi connectivity index (χ2v) is 6.28. The van der Waals surface area contributed by atoms with Crippen molar-refractivity contribution in [3.8, 4) is 0 Å². The van der Waals surface area contributed by atoms with Crippen LogP contribution in [0.2, 0.25) is 0 Å². The Bertz CT molecular complexity index is 562. The lowest BCUT2D eigenvalue weighted by Crippen LogP contribution is -2.46. The molecule has 0 aliphatic carbocycles. The Morgan fingerprint density at radius 3 is 2.32 bits per heavy atom. The van der Waals surface area contributed by atoms with Crippen LogP contribution < -0.4 is 4.90 Å². The van der Waals surface area contributed by atoms with Crippen molar-refractivity contribution in [2.24, 2.45) is 5.92 Å². The number of amides is 1. The van der Waals surface area contributed by atoms with Crippen LogP contribution in [0.1, 0.15) is 24.8 Å². The van der Waals surface area contributed by atoms with Gasteiger partial charge >= 0.3 is 5.97 Å². The lowest BCUT2D eigenvalue weighted by atomic mass is 9.96. The number of rotatable bonds is 3. The van der Waals surface area contributed by atoms with Crippen molar-refractivity contribution in [3.05, 3.63) is 29.8 Å². The zero-order valence-corrected chi connectivity index (χ0v) is 12.9. The van der Waals surface area contributed by atoms with Gasteiger partial charge in [-0.25, -0.2) is 0 Å². The van der Waals surface area contributed by atoms with Crippen LogP contribution in [-0.2, 0) is 9.59 Å². The molecule has 2 heterocycles. The lowest BCUT2D eigenvalue weighted by Gasteiger charge is -2.33. The Hall–Kier alpha value is -1.88. The molecule has 22 heavy (non-hydrogen) atoms. The molecule has 1 unspecified atom stereocenters. The highest BCUT2D eigenvalue weighted by molar-refractivity contribution is 5.99. The fourth-order valence-corrected chi connectivity index (χ4v) is 3.44. The number of nitrogens with zero attached hydrogens (tertiary/aromatic N) is 2. The van der Waals surface area contributed by atoms with Gasteiger partial charge in [0, 0.05) is 12.2 Å². The van der Waals surface area contributed by atoms with Crippen molar-refractivity contribution in [3.63, 3.8) is 0 Å². The summed E-state index contributed by atoms with van der Waals surface area (Å²) >= 11 is 0. The fourth-order valence-electron chi connectivity index (χ4n) is 3.44. The summed E-state index contributed by atoms with van der Waals surface area (Å²) < 4.78 is 0. The number of likely N-dealkylation sites (tertiary alicyclic amines) is 1. The molecule has 2 fully saturated rings. The van der Waals surface area contributed by atoms with Gasteiger partial charge in [-0.3, -0.25) is 14.5 Å². The number of hydrogen-bond acceptors (Lipinski definition) is 3. The molecule has 5 nitrogen and oxygen atoms in total. The van der Waals surface area contributed by atoms with Gasteiger partial charge in [0.25, 0.3) is 0 Å². The monoisotopic (exact) mass is 302 g/mol. The van der Waals surface area contributed by atoms with Gasteiger partial charge in [0.1, 0.15) is 0 Å². The number of piperidine rings is 1. The van der Waals surface area contributed by atoms with E-state index in [1.54, 1.807) is 0 Å². The van der Waals surface area contributed by atoms with Crippen LogP contribution >= 0.6 is 0 Å². The summed E-state index contributed by atoms with van der Waals surface area (Å²) in [6.07, 6.45) is 2.11. The summed E-state index contributed by atoms with van der Waals surface area (Å²) in [5.41, 5.74) is 2.14. The van der Waals surface area contributed by atoms with Crippen molar-refractivity contribution in [1.29, 1.82) is 0 Å². The molecule has 3 rings (SSSR count). The van der Waals surface area contributed by atoms with Crippen molar-refractivity contribution in [2.75, 3.05) is 24.5 Å². The third kappa shape index (κ3) is 2.86. The number of carbonyl (C=O) groups excluding carboxylic acids is 1. The minimum Gasteiger partial charge on any atom is -0.481 e. The molecule has 1 aromatic rings. The predicted molar refractivity (Wildman–Crippen MR) is 83.9 cm³/mol. The molecule has 0 radical (unpaired) electrons. The first-order valence-electron chi connectivity index (χ1n) is 7.91. The third-order valence-corrected chi connectivity index (χ3v) is 4.84. The first kappa shape index (κ1) is 15.0. The van der Waals surface area contributed by atoms with Crippen LogP contribution in [0.5, 0.6) is 0 Å². The highest BCUT2D eigenvalue weighted by Gasteiger charge is 2.38. The second kappa shape index (κ2) is 6.08. The maximum Gasteiger partial charge on any atom is 0.306 e. The minimum absolute atomic E-state index is 0.0870. The van der Waals surface area contributed by atoms with Crippen LogP contribution in [0.3, 0.4) is 0 Å². The average molecular weight is 302 g/mol. The molecule has 1 atom stereocenters. The van der Waals surface area contributed by atoms with E-state index in [9.17, 15) is 9.59 Å². The van der Waals surface area contributed by atoms with Gasteiger partial charge in [0.05, 0.1) is 12.0 Å². The van der Waals surface area contributed by atoms with Gasteiger partial charge in [0.2, 0.25) is 5.91 Å². The fraction of sp³-hybridized carbons (Fsp3) is 0.529. The standard InChI is InChI=1S/C17H22N2O3/c1-12-2-4-14(5-3-12)19-11-8-15(16(19)20)18-9-6-13(7-10-18)17(21)22/h2-5,13,15H,6-11H2,1H3,(H,21,22). The van der Waals surface area contributed by atoms with E-state index in [0.29, 0.717) is 25.9 Å². The number of carboxylic acid groups (broad SMARTS) is 1. The summed E-state index contributed by atoms with van der Waals surface area (Å²) in [7, 11) is 0. The highest BCUT2D eigenvalue weighted by atomic mass is 16.4. The van der Waals surface area contributed by atoms with Gasteiger partial charge in [-0.2, -0.15) is 0 Å². The number of carbonyl (C=O) groups is 2. The van der Waals surface area contributed by atoms with Crippen LogP contribution in [-0.4, -0.2) is 47.6 Å². The number of aryl methyl sites for hydroxylation is 1. The average Bonchev–Trinajstić information content (AvgIpc) is 2.90. The number of anilines is 1. The van der Waals surface area contributed by atoms with Crippen LogP contribution in [0, 0.1) is 12.8 Å². The second-order valence-electron chi connectivity index (χ2n) is 6.28. The van der Waals surface area contributed by atoms with E-state index >= 15 is 0 Å².